The predicted octanol–water partition coefficient (Wildman–Crippen LogP) is 1.52. The van der Waals surface area contributed by atoms with Crippen LogP contribution in [0.4, 0.5) is 0 Å². The Kier molecular flexibility index (Phi) is 5.09. The van der Waals surface area contributed by atoms with Crippen molar-refractivity contribution >= 4 is 5.78 Å². The van der Waals surface area contributed by atoms with Gasteiger partial charge in [-0.25, -0.2) is 5.90 Å². The van der Waals surface area contributed by atoms with Crippen LogP contribution in [0.3, 0.4) is 0 Å². The molecule has 0 aliphatic rings. The minimum Gasteiger partial charge on any atom is -0.302 e. The number of carbonyl (C=O) groups is 1. The van der Waals surface area contributed by atoms with Crippen molar-refractivity contribution in [2.24, 2.45) is 17.7 Å². The lowest BCUT2D eigenvalue weighted by Crippen LogP contribution is -2.23. The first kappa shape index (κ1) is 11.6. The van der Waals surface area contributed by atoms with Gasteiger partial charge in [0.05, 0.1) is 6.10 Å². The molecule has 0 aliphatic carbocycles. The van der Waals surface area contributed by atoms with E-state index in [1.54, 1.807) is 0 Å². The van der Waals surface area contributed by atoms with Gasteiger partial charge in [-0.3, -0.25) is 4.79 Å². The Bertz CT molecular complexity index is 145. The van der Waals surface area contributed by atoms with Gasteiger partial charge in [0.15, 0.2) is 0 Å². The number of hydrogen-bond acceptors (Lipinski definition) is 3. The van der Waals surface area contributed by atoms with Gasteiger partial charge < -0.3 is 4.84 Å². The molecule has 12 heavy (non-hydrogen) atoms. The van der Waals surface area contributed by atoms with Gasteiger partial charge in [0.1, 0.15) is 5.78 Å². The summed E-state index contributed by atoms with van der Waals surface area (Å²) in [7, 11) is 0. The van der Waals surface area contributed by atoms with Gasteiger partial charge in [-0.1, -0.05) is 20.8 Å². The van der Waals surface area contributed by atoms with Crippen molar-refractivity contribution in [1.29, 1.82) is 0 Å². The van der Waals surface area contributed by atoms with E-state index in [1.165, 1.54) is 0 Å². The highest BCUT2D eigenvalue weighted by Gasteiger charge is 2.18. The quantitative estimate of drug-likeness (QED) is 0.641. The summed E-state index contributed by atoms with van der Waals surface area (Å²) < 4.78 is 0. The molecule has 0 aliphatic heterocycles. The van der Waals surface area contributed by atoms with Crippen molar-refractivity contribution in [2.75, 3.05) is 0 Å². The van der Waals surface area contributed by atoms with E-state index in [1.807, 2.05) is 27.7 Å². The Balaban J connectivity index is 3.86. The maximum atomic E-state index is 11.4. The van der Waals surface area contributed by atoms with Crippen molar-refractivity contribution in [3.63, 3.8) is 0 Å². The van der Waals surface area contributed by atoms with E-state index < -0.39 is 0 Å². The van der Waals surface area contributed by atoms with Crippen LogP contribution in [-0.2, 0) is 9.63 Å². The third kappa shape index (κ3) is 3.83. The summed E-state index contributed by atoms with van der Waals surface area (Å²) in [5.74, 6) is 5.41. The topological polar surface area (TPSA) is 52.3 Å². The second-order valence-corrected chi connectivity index (χ2v) is 3.64. The van der Waals surface area contributed by atoms with Gasteiger partial charge in [0, 0.05) is 11.8 Å². The fourth-order valence-corrected chi connectivity index (χ4v) is 1.24. The molecule has 0 saturated heterocycles. The molecular formula is C9H19NO2. The van der Waals surface area contributed by atoms with Gasteiger partial charge >= 0.3 is 0 Å². The van der Waals surface area contributed by atoms with E-state index in [9.17, 15) is 4.79 Å². The highest BCUT2D eigenvalue weighted by molar-refractivity contribution is 5.82. The van der Waals surface area contributed by atoms with Crippen molar-refractivity contribution in [3.05, 3.63) is 0 Å². The van der Waals surface area contributed by atoms with Crippen LogP contribution >= 0.6 is 0 Å². The van der Waals surface area contributed by atoms with Crippen LogP contribution < -0.4 is 5.90 Å². The van der Waals surface area contributed by atoms with Gasteiger partial charge in [-0.15, -0.1) is 0 Å². The average Bonchev–Trinajstić information content (AvgIpc) is 2.02. The largest absolute Gasteiger partial charge is 0.302 e. The minimum absolute atomic E-state index is 0.0392. The lowest BCUT2D eigenvalue weighted by molar-refractivity contribution is -0.126. The number of nitrogens with two attached hydrogens (primary N) is 1. The molecule has 0 aromatic rings. The molecule has 0 spiro atoms. The second kappa shape index (κ2) is 5.27. The standard InChI is InChI=1S/C9H19NO2/c1-6(2)9(11)7(3)5-8(4)12-10/h6-8H,5,10H2,1-4H3. The number of ketones is 1. The van der Waals surface area contributed by atoms with E-state index in [4.69, 9.17) is 5.90 Å². The monoisotopic (exact) mass is 173 g/mol. The van der Waals surface area contributed by atoms with E-state index in [2.05, 4.69) is 4.84 Å². The molecule has 0 aromatic carbocycles. The zero-order valence-corrected chi connectivity index (χ0v) is 8.33. The average molecular weight is 173 g/mol. The van der Waals surface area contributed by atoms with Crippen LogP contribution in [0.25, 0.3) is 0 Å². The highest BCUT2D eigenvalue weighted by atomic mass is 16.6. The normalized spacial score (nSPS) is 16.2. The van der Waals surface area contributed by atoms with Crippen LogP contribution in [0.2, 0.25) is 0 Å². The molecule has 3 nitrogen and oxygen atoms in total. The van der Waals surface area contributed by atoms with E-state index >= 15 is 0 Å². The van der Waals surface area contributed by atoms with Crippen LogP contribution in [0, 0.1) is 11.8 Å². The maximum absolute atomic E-state index is 11.4. The Labute approximate surface area is 74.2 Å². The van der Waals surface area contributed by atoms with Crippen molar-refractivity contribution < 1.29 is 9.63 Å². The Hall–Kier alpha value is -0.410. The number of carbonyl (C=O) groups excluding carboxylic acids is 1. The molecule has 0 saturated carbocycles. The molecule has 2 unspecified atom stereocenters. The zero-order valence-electron chi connectivity index (χ0n) is 8.33. The Morgan fingerprint density at radius 2 is 1.83 bits per heavy atom. The summed E-state index contributed by atoms with van der Waals surface area (Å²) in [6.07, 6.45) is 0.663. The van der Waals surface area contributed by atoms with Gasteiger partial charge in [-0.2, -0.15) is 0 Å². The Morgan fingerprint density at radius 3 is 2.17 bits per heavy atom. The fourth-order valence-electron chi connectivity index (χ4n) is 1.24. The molecule has 72 valence electrons. The summed E-state index contributed by atoms with van der Waals surface area (Å²) in [6.45, 7) is 7.60. The summed E-state index contributed by atoms with van der Waals surface area (Å²) in [5.41, 5.74) is 0. The van der Waals surface area contributed by atoms with Crippen LogP contribution in [0.5, 0.6) is 0 Å². The summed E-state index contributed by atoms with van der Waals surface area (Å²) in [4.78, 5) is 16.0. The first-order valence-corrected chi connectivity index (χ1v) is 4.38. The van der Waals surface area contributed by atoms with Gasteiger partial charge in [0.2, 0.25) is 0 Å². The zero-order chi connectivity index (χ0) is 9.72. The lowest BCUT2D eigenvalue weighted by Gasteiger charge is -2.15. The second-order valence-electron chi connectivity index (χ2n) is 3.64. The molecule has 0 aromatic heterocycles. The first-order chi connectivity index (χ1) is 5.49. The lowest BCUT2D eigenvalue weighted by atomic mass is 9.92. The summed E-state index contributed by atoms with van der Waals surface area (Å²) >= 11 is 0. The fraction of sp³-hybridized carbons (Fsp3) is 0.889. The number of Topliss-reactive ketones (excluding diaryl/α,β-unsaturated/α-hetero) is 1. The van der Waals surface area contributed by atoms with E-state index in [0.29, 0.717) is 6.42 Å². The molecule has 0 heterocycles. The van der Waals surface area contributed by atoms with Gasteiger partial charge in [0.25, 0.3) is 0 Å². The van der Waals surface area contributed by atoms with E-state index in [-0.39, 0.29) is 23.7 Å². The number of rotatable bonds is 5. The van der Waals surface area contributed by atoms with Crippen molar-refractivity contribution in [2.45, 2.75) is 40.2 Å². The maximum Gasteiger partial charge on any atom is 0.138 e. The van der Waals surface area contributed by atoms with Crippen LogP contribution in [-0.4, -0.2) is 11.9 Å². The molecule has 0 rings (SSSR count). The predicted molar refractivity (Wildman–Crippen MR) is 48.4 cm³/mol. The molecular weight excluding hydrogens is 154 g/mol. The molecule has 2 N–H and O–H groups in total. The third-order valence-electron chi connectivity index (χ3n) is 1.97. The SMILES string of the molecule is CC(CC(C)C(=O)C(C)C)ON. The number of hydrogen-bond donors (Lipinski definition) is 1. The first-order valence-electron chi connectivity index (χ1n) is 4.38. The summed E-state index contributed by atoms with van der Waals surface area (Å²) in [6, 6.07) is 0. The molecule has 0 fully saturated rings. The molecule has 0 amide bonds. The van der Waals surface area contributed by atoms with Crippen molar-refractivity contribution in [3.8, 4) is 0 Å². The Morgan fingerprint density at radius 1 is 1.33 bits per heavy atom. The van der Waals surface area contributed by atoms with Crippen LogP contribution in [0.15, 0.2) is 0 Å². The molecule has 2 atom stereocenters. The molecule has 0 radical (unpaired) electrons. The van der Waals surface area contributed by atoms with Gasteiger partial charge in [-0.05, 0) is 13.3 Å². The smallest absolute Gasteiger partial charge is 0.138 e. The van der Waals surface area contributed by atoms with Crippen molar-refractivity contribution in [1.82, 2.24) is 0 Å². The van der Waals surface area contributed by atoms with E-state index in [0.717, 1.165) is 0 Å². The summed E-state index contributed by atoms with van der Waals surface area (Å²) in [5, 5.41) is 0. The molecule has 3 heteroatoms. The minimum atomic E-state index is -0.0392. The third-order valence-corrected chi connectivity index (χ3v) is 1.97. The highest BCUT2D eigenvalue weighted by Crippen LogP contribution is 2.13. The molecule has 0 bridgehead atoms. The van der Waals surface area contributed by atoms with Crippen LogP contribution in [0.1, 0.15) is 34.1 Å².